The number of hydrogen-bond acceptors (Lipinski definition) is 2. The Morgan fingerprint density at radius 1 is 1.11 bits per heavy atom. The van der Waals surface area contributed by atoms with Gasteiger partial charge >= 0.3 is 0 Å². The van der Waals surface area contributed by atoms with E-state index in [2.05, 4.69) is 19.2 Å². The number of halogens is 1. The van der Waals surface area contributed by atoms with Gasteiger partial charge in [-0.1, -0.05) is 51.0 Å². The fraction of sp³-hybridized carbons (Fsp3) is 0.435. The van der Waals surface area contributed by atoms with Gasteiger partial charge < -0.3 is 10.2 Å². The molecule has 1 aliphatic heterocycles. The van der Waals surface area contributed by atoms with Crippen LogP contribution in [0, 0.1) is 24.6 Å². The van der Waals surface area contributed by atoms with Crippen molar-refractivity contribution in [3.05, 3.63) is 65.0 Å². The van der Waals surface area contributed by atoms with E-state index in [0.29, 0.717) is 17.5 Å². The zero-order chi connectivity index (χ0) is 19.1. The molecule has 2 aromatic rings. The summed E-state index contributed by atoms with van der Waals surface area (Å²) in [6, 6.07) is 13.1. The predicted octanol–water partition coefficient (Wildman–Crippen LogP) is 5.53. The van der Waals surface area contributed by atoms with Crippen LogP contribution < -0.4 is 5.32 Å². The van der Waals surface area contributed by atoms with Gasteiger partial charge in [0.1, 0.15) is 12.0 Å². The first-order valence-electron chi connectivity index (χ1n) is 9.91. The van der Waals surface area contributed by atoms with Gasteiger partial charge in [-0.3, -0.25) is 4.79 Å². The number of aryl methyl sites for hydroxylation is 1. The van der Waals surface area contributed by atoms with Crippen LogP contribution in [-0.2, 0) is 0 Å². The first-order chi connectivity index (χ1) is 13.0. The predicted molar refractivity (Wildman–Crippen MR) is 106 cm³/mol. The minimum Gasteiger partial charge on any atom is -0.359 e. The smallest absolute Gasteiger partial charge is 0.256 e. The van der Waals surface area contributed by atoms with Crippen molar-refractivity contribution in [1.82, 2.24) is 4.90 Å². The Kier molecular flexibility index (Phi) is 4.67. The molecular weight excluding hydrogens is 339 g/mol. The molecule has 4 unspecified atom stereocenters. The molecule has 142 valence electrons. The molecule has 4 rings (SSSR count). The number of amides is 1. The number of hydrogen-bond donors (Lipinski definition) is 1. The summed E-state index contributed by atoms with van der Waals surface area (Å²) in [5.41, 5.74) is 2.99. The third kappa shape index (κ3) is 3.11. The van der Waals surface area contributed by atoms with Crippen LogP contribution in [0.5, 0.6) is 0 Å². The van der Waals surface area contributed by atoms with Crippen LogP contribution in [0.2, 0.25) is 0 Å². The first-order valence-corrected chi connectivity index (χ1v) is 9.91. The number of rotatable bonds is 3. The lowest BCUT2D eigenvalue weighted by atomic mass is 9.77. The van der Waals surface area contributed by atoms with Crippen LogP contribution in [0.4, 0.5) is 10.1 Å². The van der Waals surface area contributed by atoms with Crippen LogP contribution in [0.3, 0.4) is 0 Å². The average molecular weight is 366 g/mol. The van der Waals surface area contributed by atoms with Crippen molar-refractivity contribution in [3.8, 4) is 0 Å². The molecule has 0 aromatic heterocycles. The molecule has 1 N–H and O–H groups in total. The third-order valence-corrected chi connectivity index (χ3v) is 6.44. The molecule has 27 heavy (non-hydrogen) atoms. The van der Waals surface area contributed by atoms with Crippen molar-refractivity contribution >= 4 is 11.6 Å². The van der Waals surface area contributed by atoms with Gasteiger partial charge in [0.05, 0.1) is 5.69 Å². The quantitative estimate of drug-likeness (QED) is 0.775. The van der Waals surface area contributed by atoms with Crippen LogP contribution >= 0.6 is 0 Å². The fourth-order valence-electron chi connectivity index (χ4n) is 4.66. The van der Waals surface area contributed by atoms with Crippen molar-refractivity contribution in [2.24, 2.45) is 11.8 Å². The Labute approximate surface area is 160 Å². The fourth-order valence-corrected chi connectivity index (χ4v) is 4.66. The van der Waals surface area contributed by atoms with Gasteiger partial charge in [-0.15, -0.1) is 0 Å². The van der Waals surface area contributed by atoms with Crippen LogP contribution in [0.1, 0.15) is 60.8 Å². The lowest BCUT2D eigenvalue weighted by Gasteiger charge is -2.42. The number of benzene rings is 2. The molecule has 2 aliphatic rings. The van der Waals surface area contributed by atoms with Gasteiger partial charge in [-0.05, 0) is 48.9 Å². The second-order valence-corrected chi connectivity index (χ2v) is 8.16. The maximum atomic E-state index is 14.5. The van der Waals surface area contributed by atoms with Crippen molar-refractivity contribution in [2.45, 2.75) is 52.2 Å². The number of carbonyl (C=O) groups excluding carboxylic acids is 1. The van der Waals surface area contributed by atoms with E-state index >= 15 is 0 Å². The van der Waals surface area contributed by atoms with Gasteiger partial charge in [0.2, 0.25) is 0 Å². The Morgan fingerprint density at radius 3 is 2.67 bits per heavy atom. The summed E-state index contributed by atoms with van der Waals surface area (Å²) in [6.45, 7) is 6.39. The molecule has 3 nitrogen and oxygen atoms in total. The van der Waals surface area contributed by atoms with Crippen molar-refractivity contribution < 1.29 is 9.18 Å². The highest BCUT2D eigenvalue weighted by Crippen LogP contribution is 2.42. The Balaban J connectivity index is 1.73. The van der Waals surface area contributed by atoms with Gasteiger partial charge in [-0.25, -0.2) is 4.39 Å². The minimum atomic E-state index is -0.330. The van der Waals surface area contributed by atoms with E-state index in [9.17, 15) is 9.18 Å². The van der Waals surface area contributed by atoms with Crippen LogP contribution in [0.15, 0.2) is 42.5 Å². The van der Waals surface area contributed by atoms with Gasteiger partial charge in [0, 0.05) is 17.2 Å². The molecule has 1 saturated carbocycles. The Hall–Kier alpha value is -2.36. The lowest BCUT2D eigenvalue weighted by molar-refractivity contribution is 0.0419. The molecular formula is C23H27FN2O. The molecule has 2 aromatic carbocycles. The third-order valence-electron chi connectivity index (χ3n) is 6.44. The Morgan fingerprint density at radius 2 is 1.89 bits per heavy atom. The number of nitrogens with zero attached hydrogens (tertiary/aromatic N) is 1. The number of fused-ring (bicyclic) bond motifs is 1. The maximum absolute atomic E-state index is 14.5. The summed E-state index contributed by atoms with van der Waals surface area (Å²) in [4.78, 5) is 15.3. The largest absolute Gasteiger partial charge is 0.359 e. The normalized spacial score (nSPS) is 27.6. The second-order valence-electron chi connectivity index (χ2n) is 8.16. The molecule has 0 radical (unpaired) electrons. The van der Waals surface area contributed by atoms with E-state index in [1.165, 1.54) is 12.5 Å². The molecule has 1 amide bonds. The molecule has 4 heteroatoms. The SMILES string of the molecule is Cc1ccc(NC2c3ccccc3C(=O)N2C2CCCC(C)C2C)c(F)c1. The van der Waals surface area contributed by atoms with Crippen molar-refractivity contribution in [1.29, 1.82) is 0 Å². The van der Waals surface area contributed by atoms with Crippen molar-refractivity contribution in [2.75, 3.05) is 5.32 Å². The molecule has 1 fully saturated rings. The van der Waals surface area contributed by atoms with Crippen LogP contribution in [0.25, 0.3) is 0 Å². The highest BCUT2D eigenvalue weighted by atomic mass is 19.1. The summed E-state index contributed by atoms with van der Waals surface area (Å²) in [6.07, 6.45) is 3.00. The van der Waals surface area contributed by atoms with Crippen LogP contribution in [-0.4, -0.2) is 16.8 Å². The number of carbonyl (C=O) groups is 1. The molecule has 0 spiro atoms. The number of anilines is 1. The van der Waals surface area contributed by atoms with Gasteiger partial charge in [-0.2, -0.15) is 0 Å². The molecule has 0 saturated heterocycles. The maximum Gasteiger partial charge on any atom is 0.256 e. The molecule has 4 atom stereocenters. The van der Waals surface area contributed by atoms with E-state index in [1.54, 1.807) is 6.07 Å². The first kappa shape index (κ1) is 18.0. The zero-order valence-corrected chi connectivity index (χ0v) is 16.2. The van der Waals surface area contributed by atoms with E-state index in [0.717, 1.165) is 29.5 Å². The average Bonchev–Trinajstić information content (AvgIpc) is 2.92. The zero-order valence-electron chi connectivity index (χ0n) is 16.2. The van der Waals surface area contributed by atoms with Gasteiger partial charge in [0.15, 0.2) is 0 Å². The molecule has 1 heterocycles. The highest BCUT2D eigenvalue weighted by molar-refractivity contribution is 5.99. The molecule has 1 aliphatic carbocycles. The van der Waals surface area contributed by atoms with Crippen molar-refractivity contribution in [3.63, 3.8) is 0 Å². The lowest BCUT2D eigenvalue weighted by Crippen LogP contribution is -2.47. The summed E-state index contributed by atoms with van der Waals surface area (Å²) in [5, 5.41) is 3.34. The standard InChI is InChI=1S/C23H27FN2O/c1-14-11-12-20(19(24)13-14)25-22-17-8-4-5-9-18(17)23(27)26(22)21-10-6-7-15(2)16(21)3/h4-5,8-9,11-13,15-16,21-22,25H,6-7,10H2,1-3H3. The topological polar surface area (TPSA) is 32.3 Å². The monoisotopic (exact) mass is 366 g/mol. The van der Waals surface area contributed by atoms with E-state index in [-0.39, 0.29) is 23.9 Å². The van der Waals surface area contributed by atoms with E-state index in [4.69, 9.17) is 0 Å². The summed E-state index contributed by atoms with van der Waals surface area (Å²) in [7, 11) is 0. The summed E-state index contributed by atoms with van der Waals surface area (Å²) < 4.78 is 14.5. The second kappa shape index (κ2) is 6.99. The van der Waals surface area contributed by atoms with E-state index in [1.807, 2.05) is 42.2 Å². The van der Waals surface area contributed by atoms with Gasteiger partial charge in [0.25, 0.3) is 5.91 Å². The summed E-state index contributed by atoms with van der Waals surface area (Å²) in [5.74, 6) is 0.777. The van der Waals surface area contributed by atoms with E-state index < -0.39 is 0 Å². The summed E-state index contributed by atoms with van der Waals surface area (Å²) >= 11 is 0. The molecule has 0 bridgehead atoms. The number of nitrogens with one attached hydrogen (secondary N) is 1. The Bertz CT molecular complexity index is 865. The highest BCUT2D eigenvalue weighted by Gasteiger charge is 2.44. The minimum absolute atomic E-state index is 0.0570.